The van der Waals surface area contributed by atoms with E-state index in [0.717, 1.165) is 5.56 Å². The quantitative estimate of drug-likeness (QED) is 0.885. The van der Waals surface area contributed by atoms with Gasteiger partial charge in [-0.1, -0.05) is 6.92 Å². The van der Waals surface area contributed by atoms with Crippen molar-refractivity contribution in [2.45, 2.75) is 24.2 Å². The van der Waals surface area contributed by atoms with Crippen molar-refractivity contribution >= 4 is 21.4 Å². The first-order chi connectivity index (χ1) is 9.07. The van der Waals surface area contributed by atoms with E-state index in [-0.39, 0.29) is 6.54 Å². The molecule has 19 heavy (non-hydrogen) atoms. The van der Waals surface area contributed by atoms with Crippen LogP contribution in [0.1, 0.15) is 18.2 Å². The van der Waals surface area contributed by atoms with Gasteiger partial charge < -0.3 is 10.2 Å². The number of rotatable bonds is 6. The Morgan fingerprint density at radius 1 is 1.47 bits per heavy atom. The highest BCUT2D eigenvalue weighted by molar-refractivity contribution is 7.91. The molecule has 0 amide bonds. The fraction of sp³-hybridized carbons (Fsp3) is 0.333. The van der Waals surface area contributed by atoms with E-state index in [0.29, 0.717) is 23.1 Å². The van der Waals surface area contributed by atoms with E-state index < -0.39 is 10.0 Å². The summed E-state index contributed by atoms with van der Waals surface area (Å²) in [5.74, 6) is 0.626. The molecular weight excluding hydrogens is 284 g/mol. The van der Waals surface area contributed by atoms with E-state index in [1.54, 1.807) is 30.5 Å². The highest BCUT2D eigenvalue weighted by Gasteiger charge is 2.25. The summed E-state index contributed by atoms with van der Waals surface area (Å²) in [6, 6.07) is 5.14. The van der Waals surface area contributed by atoms with Crippen molar-refractivity contribution in [3.8, 4) is 0 Å². The molecule has 5 nitrogen and oxygen atoms in total. The van der Waals surface area contributed by atoms with Crippen molar-refractivity contribution < 1.29 is 12.8 Å². The first-order valence-electron chi connectivity index (χ1n) is 5.88. The van der Waals surface area contributed by atoms with Gasteiger partial charge in [-0.25, -0.2) is 8.42 Å². The van der Waals surface area contributed by atoms with E-state index in [1.807, 2.05) is 0 Å². The minimum atomic E-state index is -3.48. The molecule has 0 bridgehead atoms. The van der Waals surface area contributed by atoms with Gasteiger partial charge >= 0.3 is 0 Å². The second-order valence-electron chi connectivity index (χ2n) is 3.99. The van der Waals surface area contributed by atoms with Crippen molar-refractivity contribution in [3.05, 3.63) is 41.2 Å². The number of nitrogens with zero attached hydrogens (tertiary/aromatic N) is 1. The summed E-state index contributed by atoms with van der Waals surface area (Å²) in [6.45, 7) is 2.77. The number of sulfonamides is 1. The molecule has 0 fully saturated rings. The highest BCUT2D eigenvalue weighted by atomic mass is 32.2. The van der Waals surface area contributed by atoms with Gasteiger partial charge in [-0.2, -0.15) is 4.31 Å². The minimum absolute atomic E-state index is 0.238. The fourth-order valence-corrected chi connectivity index (χ4v) is 4.46. The average Bonchev–Trinajstić information content (AvgIpc) is 3.06. The summed E-state index contributed by atoms with van der Waals surface area (Å²) in [6.07, 6.45) is 1.54. The Labute approximate surface area is 116 Å². The molecule has 104 valence electrons. The van der Waals surface area contributed by atoms with Crippen LogP contribution in [0.4, 0.5) is 0 Å². The number of hydrogen-bond donors (Lipinski definition) is 1. The zero-order valence-corrected chi connectivity index (χ0v) is 12.2. The standard InChI is InChI=1S/C12H16N2O3S2/c1-2-14(8-11-4-3-5-17-11)19(15,16)12-6-10(7-13)9-18-12/h3-6,9H,2,7-8,13H2,1H3. The van der Waals surface area contributed by atoms with Gasteiger partial charge in [0.15, 0.2) is 0 Å². The Balaban J connectivity index is 2.25. The smallest absolute Gasteiger partial charge is 0.252 e. The van der Waals surface area contributed by atoms with Crippen LogP contribution in [0.15, 0.2) is 38.5 Å². The van der Waals surface area contributed by atoms with Crippen LogP contribution in [0.5, 0.6) is 0 Å². The Hall–Kier alpha value is -1.15. The van der Waals surface area contributed by atoms with Crippen LogP contribution in [0.25, 0.3) is 0 Å². The van der Waals surface area contributed by atoms with Gasteiger partial charge in [0.1, 0.15) is 9.97 Å². The lowest BCUT2D eigenvalue weighted by atomic mass is 10.4. The summed E-state index contributed by atoms with van der Waals surface area (Å²) in [7, 11) is -3.48. The molecule has 0 unspecified atom stereocenters. The van der Waals surface area contributed by atoms with Crippen molar-refractivity contribution in [1.29, 1.82) is 0 Å². The van der Waals surface area contributed by atoms with Crippen LogP contribution in [-0.2, 0) is 23.1 Å². The lowest BCUT2D eigenvalue weighted by Gasteiger charge is -2.18. The van der Waals surface area contributed by atoms with E-state index in [9.17, 15) is 8.42 Å². The minimum Gasteiger partial charge on any atom is -0.468 e. The van der Waals surface area contributed by atoms with Crippen LogP contribution < -0.4 is 5.73 Å². The maximum Gasteiger partial charge on any atom is 0.252 e. The van der Waals surface area contributed by atoms with Crippen molar-refractivity contribution in [2.24, 2.45) is 5.73 Å². The Morgan fingerprint density at radius 2 is 2.26 bits per heavy atom. The lowest BCUT2D eigenvalue weighted by Crippen LogP contribution is -2.29. The zero-order valence-electron chi connectivity index (χ0n) is 10.6. The van der Waals surface area contributed by atoms with Crippen LogP contribution >= 0.6 is 11.3 Å². The molecule has 0 aliphatic rings. The molecular formula is C12H16N2O3S2. The first kappa shape index (κ1) is 14.3. The van der Waals surface area contributed by atoms with Crippen molar-refractivity contribution in [2.75, 3.05) is 6.54 Å². The van der Waals surface area contributed by atoms with Crippen LogP contribution in [0.3, 0.4) is 0 Å². The van der Waals surface area contributed by atoms with E-state index in [4.69, 9.17) is 10.2 Å². The zero-order chi connectivity index (χ0) is 13.9. The largest absolute Gasteiger partial charge is 0.468 e. The summed E-state index contributed by atoms with van der Waals surface area (Å²) in [5.41, 5.74) is 6.34. The number of nitrogens with two attached hydrogens (primary N) is 1. The third-order valence-electron chi connectivity index (χ3n) is 2.72. The topological polar surface area (TPSA) is 76.5 Å². The van der Waals surface area contributed by atoms with Crippen molar-refractivity contribution in [3.63, 3.8) is 0 Å². The van der Waals surface area contributed by atoms with Gasteiger partial charge in [0.2, 0.25) is 0 Å². The first-order valence-corrected chi connectivity index (χ1v) is 8.20. The van der Waals surface area contributed by atoms with E-state index in [1.165, 1.54) is 21.9 Å². The molecule has 2 aromatic heterocycles. The molecule has 0 saturated carbocycles. The second kappa shape index (κ2) is 5.87. The van der Waals surface area contributed by atoms with Crippen LogP contribution in [0.2, 0.25) is 0 Å². The Bertz CT molecular complexity index is 617. The summed E-state index contributed by atoms with van der Waals surface area (Å²) in [4.78, 5) is 0. The average molecular weight is 300 g/mol. The van der Waals surface area contributed by atoms with E-state index >= 15 is 0 Å². The normalized spacial score (nSPS) is 12.2. The summed E-state index contributed by atoms with van der Waals surface area (Å²) < 4.78 is 31.9. The lowest BCUT2D eigenvalue weighted by molar-refractivity contribution is 0.376. The molecule has 0 atom stereocenters. The summed E-state index contributed by atoms with van der Waals surface area (Å²) >= 11 is 1.20. The molecule has 0 spiro atoms. The number of thiophene rings is 1. The summed E-state index contributed by atoms with van der Waals surface area (Å²) in [5, 5.41) is 1.77. The number of hydrogen-bond acceptors (Lipinski definition) is 5. The Kier molecular flexibility index (Phi) is 4.41. The molecule has 0 aliphatic carbocycles. The predicted octanol–water partition coefficient (Wildman–Crippen LogP) is 2.01. The third-order valence-corrected chi connectivity index (χ3v) is 6.11. The molecule has 2 N–H and O–H groups in total. The van der Waals surface area contributed by atoms with Gasteiger partial charge in [0, 0.05) is 13.1 Å². The molecule has 7 heteroatoms. The predicted molar refractivity (Wildman–Crippen MR) is 74.2 cm³/mol. The van der Waals surface area contributed by atoms with Crippen molar-refractivity contribution in [1.82, 2.24) is 4.31 Å². The second-order valence-corrected chi connectivity index (χ2v) is 7.06. The molecule has 2 heterocycles. The van der Waals surface area contributed by atoms with Gasteiger partial charge in [-0.15, -0.1) is 11.3 Å². The van der Waals surface area contributed by atoms with Crippen LogP contribution in [0, 0.1) is 0 Å². The Morgan fingerprint density at radius 3 is 2.79 bits per heavy atom. The molecule has 0 aliphatic heterocycles. The highest BCUT2D eigenvalue weighted by Crippen LogP contribution is 2.25. The number of furan rings is 1. The molecule has 0 radical (unpaired) electrons. The van der Waals surface area contributed by atoms with Gasteiger partial charge in [-0.3, -0.25) is 0 Å². The molecule has 2 aromatic rings. The fourth-order valence-electron chi connectivity index (χ4n) is 1.67. The molecule has 0 aromatic carbocycles. The van der Waals surface area contributed by atoms with Gasteiger partial charge in [-0.05, 0) is 29.1 Å². The maximum atomic E-state index is 12.5. The van der Waals surface area contributed by atoms with Gasteiger partial charge in [0.05, 0.1) is 12.8 Å². The van der Waals surface area contributed by atoms with Crippen LogP contribution in [-0.4, -0.2) is 19.3 Å². The van der Waals surface area contributed by atoms with Gasteiger partial charge in [0.25, 0.3) is 10.0 Å². The SMILES string of the molecule is CCN(Cc1ccco1)S(=O)(=O)c1cc(CN)cs1. The maximum absolute atomic E-state index is 12.5. The van der Waals surface area contributed by atoms with E-state index in [2.05, 4.69) is 0 Å². The third kappa shape index (κ3) is 3.06. The molecule has 0 saturated heterocycles. The molecule has 2 rings (SSSR count). The monoisotopic (exact) mass is 300 g/mol.